The minimum atomic E-state index is -0.716. The fraction of sp³-hybridized carbons (Fsp3) is 0.222. The molecule has 5 heteroatoms. The van der Waals surface area contributed by atoms with Crippen LogP contribution in [0.3, 0.4) is 0 Å². The molecule has 0 fully saturated rings. The highest BCUT2D eigenvalue weighted by atomic mass is 16.5. The zero-order valence-corrected chi connectivity index (χ0v) is 13.2. The van der Waals surface area contributed by atoms with Crippen molar-refractivity contribution in [2.45, 2.75) is 19.0 Å². The maximum absolute atomic E-state index is 12.2. The monoisotopic (exact) mass is 312 g/mol. The van der Waals surface area contributed by atoms with Gasteiger partial charge in [0.15, 0.2) is 0 Å². The van der Waals surface area contributed by atoms with Gasteiger partial charge < -0.3 is 15.4 Å². The molecular weight excluding hydrogens is 292 g/mol. The molecule has 0 heterocycles. The van der Waals surface area contributed by atoms with Gasteiger partial charge >= 0.3 is 12.0 Å². The Bertz CT molecular complexity index is 604. The number of amides is 2. The van der Waals surface area contributed by atoms with Crippen molar-refractivity contribution < 1.29 is 14.3 Å². The second-order valence-corrected chi connectivity index (χ2v) is 5.12. The van der Waals surface area contributed by atoms with Crippen molar-refractivity contribution in [2.75, 3.05) is 7.11 Å². The first-order valence-corrected chi connectivity index (χ1v) is 7.36. The lowest BCUT2D eigenvalue weighted by Gasteiger charge is -2.21. The molecule has 0 spiro atoms. The van der Waals surface area contributed by atoms with Crippen LogP contribution in [0.15, 0.2) is 60.7 Å². The van der Waals surface area contributed by atoms with E-state index in [0.717, 1.165) is 11.1 Å². The van der Waals surface area contributed by atoms with Crippen molar-refractivity contribution in [3.63, 3.8) is 0 Å². The standard InChI is InChI=1S/C18H20N2O3/c1-13(17(21)23-2)19-18(22)20-16(14-9-5-3-6-10-14)15-11-7-4-8-12-15/h3-13,16H,1-2H3,(H2,19,20,22)/t13-/m0/s1. The predicted octanol–water partition coefficient (Wildman–Crippen LogP) is 2.64. The van der Waals surface area contributed by atoms with Crippen LogP contribution >= 0.6 is 0 Å². The van der Waals surface area contributed by atoms with Crippen LogP contribution in [-0.2, 0) is 9.53 Å². The summed E-state index contributed by atoms with van der Waals surface area (Å²) in [6, 6.07) is 17.9. The molecule has 0 bridgehead atoms. The van der Waals surface area contributed by atoms with E-state index in [4.69, 9.17) is 0 Å². The summed E-state index contributed by atoms with van der Waals surface area (Å²) in [6.45, 7) is 1.57. The van der Waals surface area contributed by atoms with E-state index in [9.17, 15) is 9.59 Å². The molecule has 2 aromatic rings. The fourth-order valence-corrected chi connectivity index (χ4v) is 2.26. The number of carbonyl (C=O) groups excluding carboxylic acids is 2. The SMILES string of the molecule is COC(=O)[C@H](C)NC(=O)NC(c1ccccc1)c1ccccc1. The second kappa shape index (κ2) is 7.98. The maximum Gasteiger partial charge on any atom is 0.328 e. The number of urea groups is 1. The molecule has 23 heavy (non-hydrogen) atoms. The number of hydrogen-bond acceptors (Lipinski definition) is 3. The Balaban J connectivity index is 2.16. The highest BCUT2D eigenvalue weighted by molar-refractivity contribution is 5.83. The van der Waals surface area contributed by atoms with Crippen molar-refractivity contribution >= 4 is 12.0 Å². The van der Waals surface area contributed by atoms with Crippen molar-refractivity contribution in [1.29, 1.82) is 0 Å². The summed E-state index contributed by atoms with van der Waals surface area (Å²) >= 11 is 0. The zero-order chi connectivity index (χ0) is 16.7. The molecule has 0 saturated heterocycles. The van der Waals surface area contributed by atoms with Crippen LogP contribution in [0.1, 0.15) is 24.1 Å². The number of methoxy groups -OCH3 is 1. The van der Waals surface area contributed by atoms with E-state index in [2.05, 4.69) is 15.4 Å². The molecule has 2 N–H and O–H groups in total. The summed E-state index contributed by atoms with van der Waals surface area (Å²) in [4.78, 5) is 23.6. The lowest BCUT2D eigenvalue weighted by atomic mass is 9.99. The molecule has 0 unspecified atom stereocenters. The summed E-state index contributed by atoms with van der Waals surface area (Å²) in [5.74, 6) is -0.490. The van der Waals surface area contributed by atoms with Gasteiger partial charge in [-0.1, -0.05) is 60.7 Å². The number of hydrogen-bond donors (Lipinski definition) is 2. The Morgan fingerprint density at radius 2 is 1.35 bits per heavy atom. The quantitative estimate of drug-likeness (QED) is 0.834. The molecular formula is C18H20N2O3. The third-order valence-electron chi connectivity index (χ3n) is 3.44. The van der Waals surface area contributed by atoms with Gasteiger partial charge in [-0.2, -0.15) is 0 Å². The molecule has 2 aromatic carbocycles. The number of benzene rings is 2. The number of esters is 1. The summed E-state index contributed by atoms with van der Waals surface area (Å²) in [7, 11) is 1.29. The van der Waals surface area contributed by atoms with E-state index in [0.29, 0.717) is 0 Å². The molecule has 5 nitrogen and oxygen atoms in total. The van der Waals surface area contributed by atoms with Gasteiger partial charge in [0.05, 0.1) is 13.2 Å². The highest BCUT2D eigenvalue weighted by Gasteiger charge is 2.20. The Morgan fingerprint density at radius 3 is 1.78 bits per heavy atom. The maximum atomic E-state index is 12.2. The molecule has 0 saturated carbocycles. The average Bonchev–Trinajstić information content (AvgIpc) is 2.60. The van der Waals surface area contributed by atoms with E-state index in [1.54, 1.807) is 6.92 Å². The van der Waals surface area contributed by atoms with Crippen LogP contribution in [0, 0.1) is 0 Å². The van der Waals surface area contributed by atoms with Gasteiger partial charge in [0, 0.05) is 0 Å². The largest absolute Gasteiger partial charge is 0.467 e. The Hall–Kier alpha value is -2.82. The van der Waals surface area contributed by atoms with Crippen LogP contribution in [-0.4, -0.2) is 25.2 Å². The Kier molecular flexibility index (Phi) is 5.74. The van der Waals surface area contributed by atoms with Crippen LogP contribution in [0.2, 0.25) is 0 Å². The number of nitrogens with one attached hydrogen (secondary N) is 2. The van der Waals surface area contributed by atoms with Gasteiger partial charge in [0.25, 0.3) is 0 Å². The van der Waals surface area contributed by atoms with Crippen molar-refractivity contribution in [3.05, 3.63) is 71.8 Å². The Morgan fingerprint density at radius 1 is 0.870 bits per heavy atom. The summed E-state index contributed by atoms with van der Waals surface area (Å²) in [6.07, 6.45) is 0. The summed E-state index contributed by atoms with van der Waals surface area (Å²) < 4.78 is 4.61. The van der Waals surface area contributed by atoms with E-state index < -0.39 is 18.0 Å². The van der Waals surface area contributed by atoms with Gasteiger partial charge in [-0.15, -0.1) is 0 Å². The molecule has 1 atom stereocenters. The highest BCUT2D eigenvalue weighted by Crippen LogP contribution is 2.21. The first kappa shape index (κ1) is 16.5. The Labute approximate surface area is 135 Å². The fourth-order valence-electron chi connectivity index (χ4n) is 2.26. The van der Waals surface area contributed by atoms with Crippen molar-refractivity contribution in [3.8, 4) is 0 Å². The third kappa shape index (κ3) is 4.57. The number of rotatable bonds is 5. The summed E-state index contributed by atoms with van der Waals surface area (Å²) in [5, 5.41) is 5.48. The second-order valence-electron chi connectivity index (χ2n) is 5.12. The normalized spacial score (nSPS) is 11.6. The molecule has 0 radical (unpaired) electrons. The topological polar surface area (TPSA) is 67.4 Å². The minimum absolute atomic E-state index is 0.303. The first-order valence-electron chi connectivity index (χ1n) is 7.36. The molecule has 2 amide bonds. The molecule has 0 aliphatic carbocycles. The molecule has 0 aromatic heterocycles. The number of ether oxygens (including phenoxy) is 1. The van der Waals surface area contributed by atoms with E-state index in [1.165, 1.54) is 7.11 Å². The first-order chi connectivity index (χ1) is 11.1. The van der Waals surface area contributed by atoms with Gasteiger partial charge in [-0.05, 0) is 18.1 Å². The molecule has 0 aliphatic heterocycles. The van der Waals surface area contributed by atoms with Gasteiger partial charge in [0.2, 0.25) is 0 Å². The van der Waals surface area contributed by atoms with E-state index in [-0.39, 0.29) is 6.04 Å². The van der Waals surface area contributed by atoms with Gasteiger partial charge in [-0.25, -0.2) is 9.59 Å². The molecule has 120 valence electrons. The smallest absolute Gasteiger partial charge is 0.328 e. The zero-order valence-electron chi connectivity index (χ0n) is 13.2. The lowest BCUT2D eigenvalue weighted by molar-refractivity contribution is -0.142. The minimum Gasteiger partial charge on any atom is -0.467 e. The van der Waals surface area contributed by atoms with Crippen LogP contribution < -0.4 is 10.6 Å². The lowest BCUT2D eigenvalue weighted by Crippen LogP contribution is -2.46. The number of carbonyl (C=O) groups is 2. The predicted molar refractivity (Wildman–Crippen MR) is 87.9 cm³/mol. The van der Waals surface area contributed by atoms with Gasteiger partial charge in [-0.3, -0.25) is 0 Å². The third-order valence-corrected chi connectivity index (χ3v) is 3.44. The molecule has 0 aliphatic rings. The van der Waals surface area contributed by atoms with Crippen LogP contribution in [0.25, 0.3) is 0 Å². The summed E-state index contributed by atoms with van der Waals surface area (Å²) in [5.41, 5.74) is 1.92. The molecule has 2 rings (SSSR count). The van der Waals surface area contributed by atoms with Crippen LogP contribution in [0.4, 0.5) is 4.79 Å². The van der Waals surface area contributed by atoms with Crippen molar-refractivity contribution in [1.82, 2.24) is 10.6 Å². The van der Waals surface area contributed by atoms with E-state index in [1.807, 2.05) is 60.7 Å². The van der Waals surface area contributed by atoms with Crippen molar-refractivity contribution in [2.24, 2.45) is 0 Å². The average molecular weight is 312 g/mol. The van der Waals surface area contributed by atoms with Gasteiger partial charge in [0.1, 0.15) is 6.04 Å². The van der Waals surface area contributed by atoms with Crippen LogP contribution in [0.5, 0.6) is 0 Å². The van der Waals surface area contributed by atoms with E-state index >= 15 is 0 Å².